The Morgan fingerprint density at radius 3 is 2.56 bits per heavy atom. The summed E-state index contributed by atoms with van der Waals surface area (Å²) in [6.07, 6.45) is -0.121. The predicted octanol–water partition coefficient (Wildman–Crippen LogP) is 1.92. The van der Waals surface area contributed by atoms with E-state index in [-0.39, 0.29) is 17.7 Å². The number of nitro groups is 1. The van der Waals surface area contributed by atoms with E-state index >= 15 is 0 Å². The molecular formula is C17H13BrN4O5. The summed E-state index contributed by atoms with van der Waals surface area (Å²) in [6.45, 7) is 0. The zero-order valence-electron chi connectivity index (χ0n) is 13.7. The minimum absolute atomic E-state index is 0.0539. The Morgan fingerprint density at radius 1 is 1.19 bits per heavy atom. The highest BCUT2D eigenvalue weighted by atomic mass is 79.9. The Labute approximate surface area is 161 Å². The lowest BCUT2D eigenvalue weighted by Gasteiger charge is -2.16. The van der Waals surface area contributed by atoms with Crippen molar-refractivity contribution < 1.29 is 19.3 Å². The van der Waals surface area contributed by atoms with Gasteiger partial charge < -0.3 is 0 Å². The molecule has 1 aliphatic rings. The summed E-state index contributed by atoms with van der Waals surface area (Å²) in [4.78, 5) is 48.0. The number of hydrazine groups is 1. The molecule has 10 heteroatoms. The molecule has 2 aromatic rings. The van der Waals surface area contributed by atoms with Gasteiger partial charge in [-0.1, -0.05) is 22.0 Å². The Morgan fingerprint density at radius 2 is 1.89 bits per heavy atom. The second-order valence-electron chi connectivity index (χ2n) is 5.71. The Balaban J connectivity index is 1.66. The lowest BCUT2D eigenvalue weighted by Crippen LogP contribution is -2.48. The summed E-state index contributed by atoms with van der Waals surface area (Å²) in [7, 11) is 0. The first-order chi connectivity index (χ1) is 12.9. The monoisotopic (exact) mass is 432 g/mol. The molecule has 0 aromatic heterocycles. The first-order valence-corrected chi connectivity index (χ1v) is 8.59. The van der Waals surface area contributed by atoms with Crippen LogP contribution in [0, 0.1) is 10.1 Å². The highest BCUT2D eigenvalue weighted by Crippen LogP contribution is 2.24. The fourth-order valence-corrected chi connectivity index (χ4v) is 2.86. The van der Waals surface area contributed by atoms with Gasteiger partial charge in [-0.05, 0) is 30.3 Å². The molecule has 1 aliphatic heterocycles. The first-order valence-electron chi connectivity index (χ1n) is 7.79. The van der Waals surface area contributed by atoms with Crippen molar-refractivity contribution >= 4 is 45.0 Å². The Hall–Kier alpha value is -3.11. The van der Waals surface area contributed by atoms with Gasteiger partial charge in [-0.15, -0.1) is 0 Å². The number of nitro benzene ring substituents is 1. The van der Waals surface area contributed by atoms with Crippen molar-refractivity contribution in [2.45, 2.75) is 12.5 Å². The van der Waals surface area contributed by atoms with Crippen LogP contribution < -0.4 is 15.8 Å². The number of imide groups is 1. The van der Waals surface area contributed by atoms with Gasteiger partial charge >= 0.3 is 0 Å². The number of nitrogens with zero attached hydrogens (tertiary/aromatic N) is 2. The molecule has 0 saturated carbocycles. The quantitative estimate of drug-likeness (QED) is 0.422. The lowest BCUT2D eigenvalue weighted by atomic mass is 10.2. The first kappa shape index (κ1) is 18.7. The van der Waals surface area contributed by atoms with Crippen LogP contribution in [-0.4, -0.2) is 28.7 Å². The molecule has 27 heavy (non-hydrogen) atoms. The summed E-state index contributed by atoms with van der Waals surface area (Å²) in [6, 6.07) is 10.9. The average Bonchev–Trinajstić information content (AvgIpc) is 2.94. The highest BCUT2D eigenvalue weighted by Gasteiger charge is 2.39. The third kappa shape index (κ3) is 4.01. The molecule has 0 unspecified atom stereocenters. The fraction of sp³-hybridized carbons (Fsp3) is 0.118. The van der Waals surface area contributed by atoms with Gasteiger partial charge in [-0.2, -0.15) is 0 Å². The topological polar surface area (TPSA) is 122 Å². The van der Waals surface area contributed by atoms with E-state index in [0.29, 0.717) is 5.69 Å². The Kier molecular flexibility index (Phi) is 5.28. The van der Waals surface area contributed by atoms with Gasteiger partial charge in [0, 0.05) is 22.2 Å². The highest BCUT2D eigenvalue weighted by molar-refractivity contribution is 9.10. The molecule has 0 aliphatic carbocycles. The van der Waals surface area contributed by atoms with Gasteiger partial charge in [-0.25, -0.2) is 10.3 Å². The lowest BCUT2D eigenvalue weighted by molar-refractivity contribution is -0.384. The largest absolute Gasteiger partial charge is 0.287 e. The maximum atomic E-state index is 12.5. The van der Waals surface area contributed by atoms with Gasteiger partial charge in [0.2, 0.25) is 5.91 Å². The van der Waals surface area contributed by atoms with E-state index < -0.39 is 28.7 Å². The Bertz CT molecular complexity index is 931. The summed E-state index contributed by atoms with van der Waals surface area (Å²) < 4.78 is 0.809. The maximum absolute atomic E-state index is 12.5. The molecule has 0 radical (unpaired) electrons. The van der Waals surface area contributed by atoms with Crippen LogP contribution in [0.1, 0.15) is 16.8 Å². The number of non-ortho nitro benzene ring substituents is 1. The second-order valence-corrected chi connectivity index (χ2v) is 6.62. The zero-order valence-corrected chi connectivity index (χ0v) is 15.3. The maximum Gasteiger partial charge on any atom is 0.270 e. The number of anilines is 1. The number of amides is 3. The van der Waals surface area contributed by atoms with Gasteiger partial charge in [-0.3, -0.25) is 29.9 Å². The van der Waals surface area contributed by atoms with Crippen molar-refractivity contribution in [1.82, 2.24) is 10.9 Å². The van der Waals surface area contributed by atoms with Crippen LogP contribution in [0.15, 0.2) is 53.0 Å². The molecule has 1 atom stereocenters. The van der Waals surface area contributed by atoms with E-state index in [0.717, 1.165) is 15.4 Å². The van der Waals surface area contributed by atoms with E-state index in [1.165, 1.54) is 18.2 Å². The number of hydrogen-bond acceptors (Lipinski definition) is 6. The van der Waals surface area contributed by atoms with Crippen LogP contribution in [0.2, 0.25) is 0 Å². The number of rotatable bonds is 5. The number of carbonyl (C=O) groups excluding carboxylic acids is 3. The van der Waals surface area contributed by atoms with E-state index in [1.807, 2.05) is 0 Å². The molecule has 2 aromatic carbocycles. The zero-order chi connectivity index (χ0) is 19.6. The minimum atomic E-state index is -0.927. The van der Waals surface area contributed by atoms with Crippen LogP contribution in [0.25, 0.3) is 0 Å². The molecule has 3 amide bonds. The van der Waals surface area contributed by atoms with Crippen molar-refractivity contribution in [1.29, 1.82) is 0 Å². The summed E-state index contributed by atoms with van der Waals surface area (Å²) in [5.74, 6) is -1.55. The summed E-state index contributed by atoms with van der Waals surface area (Å²) >= 11 is 3.28. The van der Waals surface area contributed by atoms with Crippen LogP contribution in [-0.2, 0) is 9.59 Å². The smallest absolute Gasteiger partial charge is 0.270 e. The SMILES string of the molecule is O=C(NN[C@H]1CC(=O)N(c2ccc(Br)cc2)C1=O)c1cccc([N+](=O)[O-])c1. The van der Waals surface area contributed by atoms with Crippen molar-refractivity contribution in [2.24, 2.45) is 0 Å². The molecule has 9 nitrogen and oxygen atoms in total. The molecule has 1 fully saturated rings. The van der Waals surface area contributed by atoms with Crippen LogP contribution >= 0.6 is 15.9 Å². The standard InChI is InChI=1S/C17H13BrN4O5/c18-11-4-6-12(7-5-11)21-15(23)9-14(17(21)25)19-20-16(24)10-2-1-3-13(8-10)22(26)27/h1-8,14,19H,9H2,(H,20,24)/t14-/m0/s1. The molecule has 3 rings (SSSR count). The third-order valence-electron chi connectivity index (χ3n) is 3.91. The normalized spacial score (nSPS) is 16.5. The van der Waals surface area contributed by atoms with Gasteiger partial charge in [0.05, 0.1) is 17.0 Å². The second kappa shape index (κ2) is 7.64. The predicted molar refractivity (Wildman–Crippen MR) is 98.7 cm³/mol. The van der Waals surface area contributed by atoms with Crippen molar-refractivity contribution in [2.75, 3.05) is 4.90 Å². The van der Waals surface area contributed by atoms with E-state index in [4.69, 9.17) is 0 Å². The molecule has 1 saturated heterocycles. The molecule has 0 bridgehead atoms. The average molecular weight is 433 g/mol. The van der Waals surface area contributed by atoms with Crippen LogP contribution in [0.5, 0.6) is 0 Å². The number of hydrogen-bond donors (Lipinski definition) is 2. The molecule has 1 heterocycles. The molecule has 0 spiro atoms. The summed E-state index contributed by atoms with van der Waals surface area (Å²) in [5.41, 5.74) is 5.11. The van der Waals surface area contributed by atoms with Crippen molar-refractivity contribution in [3.05, 3.63) is 68.7 Å². The summed E-state index contributed by atoms with van der Waals surface area (Å²) in [5, 5.41) is 10.8. The fourth-order valence-electron chi connectivity index (χ4n) is 2.59. The molecule has 2 N–H and O–H groups in total. The molecular weight excluding hydrogens is 420 g/mol. The van der Waals surface area contributed by atoms with Crippen molar-refractivity contribution in [3.63, 3.8) is 0 Å². The van der Waals surface area contributed by atoms with Crippen molar-refractivity contribution in [3.8, 4) is 0 Å². The van der Waals surface area contributed by atoms with E-state index in [9.17, 15) is 24.5 Å². The van der Waals surface area contributed by atoms with Crippen LogP contribution in [0.4, 0.5) is 11.4 Å². The van der Waals surface area contributed by atoms with Gasteiger partial charge in [0.15, 0.2) is 0 Å². The van der Waals surface area contributed by atoms with Gasteiger partial charge in [0.25, 0.3) is 17.5 Å². The van der Waals surface area contributed by atoms with Crippen LogP contribution in [0.3, 0.4) is 0 Å². The molecule has 138 valence electrons. The number of benzene rings is 2. The third-order valence-corrected chi connectivity index (χ3v) is 4.44. The number of halogens is 1. The van der Waals surface area contributed by atoms with E-state index in [2.05, 4.69) is 26.8 Å². The van der Waals surface area contributed by atoms with Gasteiger partial charge in [0.1, 0.15) is 6.04 Å². The number of nitrogens with one attached hydrogen (secondary N) is 2. The number of carbonyl (C=O) groups is 3. The minimum Gasteiger partial charge on any atom is -0.287 e. The van der Waals surface area contributed by atoms with E-state index in [1.54, 1.807) is 24.3 Å².